The van der Waals surface area contributed by atoms with E-state index in [4.69, 9.17) is 11.5 Å². The number of hydrogen-bond acceptors (Lipinski definition) is 4. The summed E-state index contributed by atoms with van der Waals surface area (Å²) >= 11 is 0. The highest BCUT2D eigenvalue weighted by atomic mass is 19.4. The van der Waals surface area contributed by atoms with Gasteiger partial charge in [0.1, 0.15) is 0 Å². The first kappa shape index (κ1) is 12.4. The summed E-state index contributed by atoms with van der Waals surface area (Å²) in [6.07, 6.45) is -0.196. The lowest BCUT2D eigenvalue weighted by Gasteiger charge is -2.08. The van der Waals surface area contributed by atoms with E-state index in [2.05, 4.69) is 9.97 Å². The third-order valence-electron chi connectivity index (χ3n) is 1.73. The van der Waals surface area contributed by atoms with Gasteiger partial charge in [0.2, 0.25) is 5.95 Å². The predicted octanol–water partition coefficient (Wildman–Crippen LogP) is 1.44. The molecule has 0 saturated heterocycles. The normalized spacial score (nSPS) is 12.2. The van der Waals surface area contributed by atoms with Crippen molar-refractivity contribution in [1.82, 2.24) is 9.97 Å². The molecule has 4 N–H and O–H groups in total. The maximum atomic E-state index is 12.5. The average molecular weight is 232 g/mol. The quantitative estimate of drug-likeness (QED) is 0.826. The van der Waals surface area contributed by atoms with Crippen LogP contribution in [0, 0.1) is 0 Å². The molecule has 0 radical (unpaired) electrons. The summed E-state index contributed by atoms with van der Waals surface area (Å²) in [6.45, 7) is 0.369. The first-order valence-corrected chi connectivity index (χ1v) is 4.51. The monoisotopic (exact) mass is 232 g/mol. The Morgan fingerprint density at radius 1 is 1.38 bits per heavy atom. The highest BCUT2D eigenvalue weighted by molar-refractivity contribution is 5.52. The third kappa shape index (κ3) is 3.20. The summed E-state index contributed by atoms with van der Waals surface area (Å²) in [7, 11) is 0. The van der Waals surface area contributed by atoms with Crippen LogP contribution in [0.4, 0.5) is 19.1 Å². The van der Waals surface area contributed by atoms with Gasteiger partial charge >= 0.3 is 6.18 Å². The fourth-order valence-corrected chi connectivity index (χ4v) is 1.06. The van der Waals surface area contributed by atoms with Crippen LogP contribution >= 0.6 is 0 Å². The number of aromatic nitrogens is 2. The minimum atomic E-state index is -4.54. The molecular formula is C9H11F3N4. The second-order valence-electron chi connectivity index (χ2n) is 3.01. The molecule has 0 spiro atoms. The van der Waals surface area contributed by atoms with Gasteiger partial charge in [-0.3, -0.25) is 0 Å². The molecule has 7 heteroatoms. The van der Waals surface area contributed by atoms with Crippen LogP contribution in [0.25, 0.3) is 6.08 Å². The number of halogens is 3. The van der Waals surface area contributed by atoms with Gasteiger partial charge in [-0.2, -0.15) is 13.2 Å². The van der Waals surface area contributed by atoms with Gasteiger partial charge in [-0.1, -0.05) is 12.2 Å². The molecule has 0 amide bonds. The Balaban J connectivity index is 3.08. The van der Waals surface area contributed by atoms with Crippen molar-refractivity contribution in [2.75, 3.05) is 12.3 Å². The van der Waals surface area contributed by atoms with E-state index in [1.807, 2.05) is 0 Å². The summed E-state index contributed by atoms with van der Waals surface area (Å²) in [4.78, 5) is 6.70. The first-order chi connectivity index (χ1) is 7.45. The van der Waals surface area contributed by atoms with Gasteiger partial charge in [0.25, 0.3) is 0 Å². The van der Waals surface area contributed by atoms with E-state index in [0.29, 0.717) is 13.0 Å². The molecule has 0 aliphatic carbocycles. The molecule has 0 aliphatic rings. The van der Waals surface area contributed by atoms with Crippen molar-refractivity contribution < 1.29 is 13.2 Å². The molecule has 0 aliphatic heterocycles. The molecular weight excluding hydrogens is 221 g/mol. The molecule has 0 saturated carbocycles. The van der Waals surface area contributed by atoms with Gasteiger partial charge in [0, 0.05) is 11.8 Å². The van der Waals surface area contributed by atoms with Crippen molar-refractivity contribution in [1.29, 1.82) is 0 Å². The predicted molar refractivity (Wildman–Crippen MR) is 54.2 cm³/mol. The molecule has 4 nitrogen and oxygen atoms in total. The SMILES string of the molecule is NCCC=Cc1cnc(N)nc1C(F)(F)F. The Labute approximate surface area is 90.2 Å². The van der Waals surface area contributed by atoms with Crippen molar-refractivity contribution in [2.45, 2.75) is 12.6 Å². The second-order valence-corrected chi connectivity index (χ2v) is 3.01. The first-order valence-electron chi connectivity index (χ1n) is 4.51. The van der Waals surface area contributed by atoms with E-state index >= 15 is 0 Å². The van der Waals surface area contributed by atoms with E-state index < -0.39 is 17.8 Å². The van der Waals surface area contributed by atoms with Crippen LogP contribution in [0.5, 0.6) is 0 Å². The zero-order valence-electron chi connectivity index (χ0n) is 8.33. The van der Waals surface area contributed by atoms with Crippen molar-refractivity contribution in [3.05, 3.63) is 23.5 Å². The Bertz CT molecular complexity index is 387. The van der Waals surface area contributed by atoms with Crippen molar-refractivity contribution in [3.63, 3.8) is 0 Å². The molecule has 0 aromatic carbocycles. The standard InChI is InChI=1S/C9H11F3N4/c10-9(11,12)7-6(3-1-2-4-13)5-15-8(14)16-7/h1,3,5H,2,4,13H2,(H2,14,15,16). The Morgan fingerprint density at radius 3 is 2.62 bits per heavy atom. The summed E-state index contributed by atoms with van der Waals surface area (Å²) in [5.74, 6) is -0.400. The minimum absolute atomic E-state index is 0.116. The van der Waals surface area contributed by atoms with Crippen molar-refractivity contribution in [2.24, 2.45) is 5.73 Å². The van der Waals surface area contributed by atoms with Crippen molar-refractivity contribution >= 4 is 12.0 Å². The van der Waals surface area contributed by atoms with Crippen LogP contribution in [0.15, 0.2) is 12.3 Å². The van der Waals surface area contributed by atoms with E-state index in [-0.39, 0.29) is 5.56 Å². The van der Waals surface area contributed by atoms with Crippen LogP contribution < -0.4 is 11.5 Å². The fourth-order valence-electron chi connectivity index (χ4n) is 1.06. The van der Waals surface area contributed by atoms with Crippen LogP contribution in [0.3, 0.4) is 0 Å². The third-order valence-corrected chi connectivity index (χ3v) is 1.73. The Morgan fingerprint density at radius 2 is 2.06 bits per heavy atom. The van der Waals surface area contributed by atoms with E-state index in [9.17, 15) is 13.2 Å². The maximum absolute atomic E-state index is 12.5. The highest BCUT2D eigenvalue weighted by Gasteiger charge is 2.35. The van der Waals surface area contributed by atoms with Gasteiger partial charge in [-0.25, -0.2) is 9.97 Å². The number of nitrogens with zero attached hydrogens (tertiary/aromatic N) is 2. The second kappa shape index (κ2) is 4.93. The number of hydrogen-bond donors (Lipinski definition) is 2. The smallest absolute Gasteiger partial charge is 0.368 e. The molecule has 0 atom stereocenters. The number of nitrogens with two attached hydrogens (primary N) is 2. The lowest BCUT2D eigenvalue weighted by molar-refractivity contribution is -0.141. The van der Waals surface area contributed by atoms with Crippen LogP contribution in [-0.4, -0.2) is 16.5 Å². The Kier molecular flexibility index (Phi) is 3.83. The Hall–Kier alpha value is -1.63. The van der Waals surface area contributed by atoms with Crippen LogP contribution in [0.1, 0.15) is 17.7 Å². The van der Waals surface area contributed by atoms with E-state index in [0.717, 1.165) is 6.20 Å². The van der Waals surface area contributed by atoms with Crippen molar-refractivity contribution in [3.8, 4) is 0 Å². The zero-order valence-corrected chi connectivity index (χ0v) is 8.33. The van der Waals surface area contributed by atoms with Gasteiger partial charge in [0.15, 0.2) is 5.69 Å². The van der Waals surface area contributed by atoms with Gasteiger partial charge < -0.3 is 11.5 Å². The summed E-state index contributed by atoms with van der Waals surface area (Å²) < 4.78 is 37.6. The van der Waals surface area contributed by atoms with Crippen LogP contribution in [0.2, 0.25) is 0 Å². The van der Waals surface area contributed by atoms with Crippen LogP contribution in [-0.2, 0) is 6.18 Å². The molecule has 1 rings (SSSR count). The molecule has 1 aromatic heterocycles. The molecule has 88 valence electrons. The summed E-state index contributed by atoms with van der Waals surface area (Å²) in [5, 5.41) is 0. The highest BCUT2D eigenvalue weighted by Crippen LogP contribution is 2.30. The summed E-state index contributed by atoms with van der Waals surface area (Å²) in [6, 6.07) is 0. The topological polar surface area (TPSA) is 77.8 Å². The van der Waals surface area contributed by atoms with Gasteiger partial charge in [0.05, 0.1) is 0 Å². The molecule has 0 unspecified atom stereocenters. The van der Waals surface area contributed by atoms with Gasteiger partial charge in [-0.15, -0.1) is 0 Å². The number of anilines is 1. The largest absolute Gasteiger partial charge is 0.434 e. The molecule has 1 aromatic rings. The molecule has 0 fully saturated rings. The number of alkyl halides is 3. The van der Waals surface area contributed by atoms with E-state index in [1.165, 1.54) is 12.2 Å². The zero-order chi connectivity index (χ0) is 12.2. The number of rotatable bonds is 3. The lowest BCUT2D eigenvalue weighted by Crippen LogP contribution is -2.12. The molecule has 1 heterocycles. The minimum Gasteiger partial charge on any atom is -0.368 e. The van der Waals surface area contributed by atoms with Gasteiger partial charge in [-0.05, 0) is 13.0 Å². The maximum Gasteiger partial charge on any atom is 0.434 e. The summed E-state index contributed by atoms with van der Waals surface area (Å²) in [5.41, 5.74) is 9.18. The van der Waals surface area contributed by atoms with E-state index in [1.54, 1.807) is 0 Å². The molecule has 0 bridgehead atoms. The lowest BCUT2D eigenvalue weighted by atomic mass is 10.2. The number of nitrogen functional groups attached to an aromatic ring is 1. The molecule has 16 heavy (non-hydrogen) atoms. The fraction of sp³-hybridized carbons (Fsp3) is 0.333. The average Bonchev–Trinajstić information content (AvgIpc) is 2.19.